The van der Waals surface area contributed by atoms with Crippen LogP contribution in [0.5, 0.6) is 0 Å². The molecular weight excluding hydrogens is 342 g/mol. The zero-order valence-corrected chi connectivity index (χ0v) is 15.1. The van der Waals surface area contributed by atoms with Crippen LogP contribution in [0.25, 0.3) is 0 Å². The van der Waals surface area contributed by atoms with Gasteiger partial charge in [-0.05, 0) is 26.7 Å². The molecule has 0 saturated carbocycles. The van der Waals surface area contributed by atoms with Crippen molar-refractivity contribution in [1.82, 2.24) is 9.97 Å². The number of aliphatic hydroxyl groups excluding tert-OH is 1. The molecule has 1 aromatic rings. The lowest BCUT2D eigenvalue weighted by molar-refractivity contribution is -0.383. The summed E-state index contributed by atoms with van der Waals surface area (Å²) in [5.74, 6) is -0.244. The van der Waals surface area contributed by atoms with E-state index in [1.807, 2.05) is 6.92 Å². The van der Waals surface area contributed by atoms with Crippen LogP contribution in [-0.4, -0.2) is 65.4 Å². The Hall–Kier alpha value is -2.49. The summed E-state index contributed by atoms with van der Waals surface area (Å²) in [6.45, 7) is 5.34. The minimum absolute atomic E-state index is 0.140. The minimum atomic E-state index is -0.501. The average Bonchev–Trinajstić information content (AvgIpc) is 2.65. The van der Waals surface area contributed by atoms with E-state index >= 15 is 0 Å². The number of hydrogen-bond acceptors (Lipinski definition) is 9. The highest BCUT2D eigenvalue weighted by molar-refractivity contribution is 5.75. The normalized spacial score (nSPS) is 17.0. The maximum absolute atomic E-state index is 12.0. The fourth-order valence-electron chi connectivity index (χ4n) is 3.14. The summed E-state index contributed by atoms with van der Waals surface area (Å²) in [4.78, 5) is 34.9. The number of likely N-dealkylation sites (N-methyl/N-ethyl adjacent to an activating group) is 1. The summed E-state index contributed by atoms with van der Waals surface area (Å²) in [6, 6.07) is 0. The Morgan fingerprint density at radius 2 is 2.27 bits per heavy atom. The van der Waals surface area contributed by atoms with Crippen LogP contribution in [0.3, 0.4) is 0 Å². The van der Waals surface area contributed by atoms with Crippen molar-refractivity contribution >= 4 is 23.3 Å². The van der Waals surface area contributed by atoms with Gasteiger partial charge in [0.25, 0.3) is 0 Å². The molecule has 1 N–H and O–H groups in total. The number of nitrogens with zero attached hydrogens (tertiary/aromatic N) is 5. The summed E-state index contributed by atoms with van der Waals surface area (Å²) < 4.78 is 5.09. The van der Waals surface area contributed by atoms with Crippen LogP contribution in [0.4, 0.5) is 17.3 Å². The molecule has 0 spiro atoms. The van der Waals surface area contributed by atoms with Crippen LogP contribution in [0, 0.1) is 16.0 Å². The molecule has 0 amide bonds. The number of nitro groups is 1. The molecule has 1 atom stereocenters. The Bertz CT molecular complexity index is 641. The van der Waals surface area contributed by atoms with Gasteiger partial charge in [-0.1, -0.05) is 0 Å². The van der Waals surface area contributed by atoms with Gasteiger partial charge in [0.1, 0.15) is 6.33 Å². The number of piperidine rings is 1. The minimum Gasteiger partial charge on any atom is -0.466 e. The third-order valence-electron chi connectivity index (χ3n) is 4.36. The van der Waals surface area contributed by atoms with Gasteiger partial charge in [0, 0.05) is 26.2 Å². The van der Waals surface area contributed by atoms with Gasteiger partial charge in [-0.2, -0.15) is 0 Å². The van der Waals surface area contributed by atoms with E-state index in [0.29, 0.717) is 39.1 Å². The largest absolute Gasteiger partial charge is 0.466 e. The number of ether oxygens (including phenoxy) is 1. The van der Waals surface area contributed by atoms with Gasteiger partial charge in [0.15, 0.2) is 0 Å². The summed E-state index contributed by atoms with van der Waals surface area (Å²) in [6.07, 6.45) is 2.69. The molecular formula is C16H25N5O5. The number of carbonyl (C=O) groups excluding carboxylic acids is 1. The van der Waals surface area contributed by atoms with Gasteiger partial charge in [-0.15, -0.1) is 0 Å². The van der Waals surface area contributed by atoms with Crippen molar-refractivity contribution in [3.63, 3.8) is 0 Å². The summed E-state index contributed by atoms with van der Waals surface area (Å²) in [7, 11) is 0. The maximum Gasteiger partial charge on any atom is 0.353 e. The highest BCUT2D eigenvalue weighted by Gasteiger charge is 2.34. The molecule has 0 bridgehead atoms. The first kappa shape index (κ1) is 19.8. The smallest absolute Gasteiger partial charge is 0.353 e. The van der Waals surface area contributed by atoms with Crippen LogP contribution in [0.2, 0.25) is 0 Å². The fraction of sp³-hybridized carbons (Fsp3) is 0.688. The molecule has 1 unspecified atom stereocenters. The van der Waals surface area contributed by atoms with Crippen molar-refractivity contribution in [2.24, 2.45) is 5.92 Å². The molecule has 0 aliphatic carbocycles. The van der Waals surface area contributed by atoms with Crippen LogP contribution < -0.4 is 9.80 Å². The number of carbonyl (C=O) groups is 1. The molecule has 1 saturated heterocycles. The molecule has 1 aromatic heterocycles. The quantitative estimate of drug-likeness (QED) is 0.407. The van der Waals surface area contributed by atoms with Crippen molar-refractivity contribution < 1.29 is 19.6 Å². The Balaban J connectivity index is 2.36. The number of esters is 1. The van der Waals surface area contributed by atoms with Crippen molar-refractivity contribution in [3.8, 4) is 0 Å². The molecule has 0 aromatic carbocycles. The molecule has 10 heteroatoms. The molecule has 2 rings (SSSR count). The van der Waals surface area contributed by atoms with Crippen LogP contribution in [-0.2, 0) is 9.53 Å². The van der Waals surface area contributed by atoms with Crippen molar-refractivity contribution in [2.45, 2.75) is 26.7 Å². The van der Waals surface area contributed by atoms with Gasteiger partial charge in [-0.25, -0.2) is 9.97 Å². The molecule has 26 heavy (non-hydrogen) atoms. The number of hydrogen-bond donors (Lipinski definition) is 1. The molecule has 0 radical (unpaired) electrons. The second-order valence-electron chi connectivity index (χ2n) is 5.97. The molecule has 1 aliphatic heterocycles. The highest BCUT2D eigenvalue weighted by Crippen LogP contribution is 2.36. The topological polar surface area (TPSA) is 122 Å². The van der Waals surface area contributed by atoms with E-state index in [1.54, 1.807) is 16.7 Å². The lowest BCUT2D eigenvalue weighted by Gasteiger charge is -2.32. The van der Waals surface area contributed by atoms with E-state index in [0.717, 1.165) is 0 Å². The van der Waals surface area contributed by atoms with Crippen molar-refractivity contribution in [2.75, 3.05) is 49.2 Å². The standard InChI is InChI=1S/C16H25N5O5/c1-3-19(8-9-22)14-13(21(24)25)15(18-11-17-14)20-7-5-6-12(10-20)16(23)26-4-2/h11-12,22H,3-10H2,1-2H3. The molecule has 144 valence electrons. The first-order chi connectivity index (χ1) is 12.5. The second-order valence-corrected chi connectivity index (χ2v) is 5.97. The Labute approximate surface area is 151 Å². The molecule has 1 fully saturated rings. The van der Waals surface area contributed by atoms with E-state index in [4.69, 9.17) is 4.74 Å². The van der Waals surface area contributed by atoms with Gasteiger partial charge >= 0.3 is 11.7 Å². The SMILES string of the molecule is CCOC(=O)C1CCCN(c2ncnc(N(CC)CCO)c2[N+](=O)[O-])C1. The fourth-order valence-corrected chi connectivity index (χ4v) is 3.14. The van der Waals surface area contributed by atoms with E-state index in [-0.39, 0.29) is 42.4 Å². The van der Waals surface area contributed by atoms with Crippen LogP contribution in [0.15, 0.2) is 6.33 Å². The monoisotopic (exact) mass is 367 g/mol. The van der Waals surface area contributed by atoms with E-state index in [2.05, 4.69) is 9.97 Å². The number of aromatic nitrogens is 2. The Morgan fingerprint density at radius 3 is 2.88 bits per heavy atom. The van der Waals surface area contributed by atoms with Gasteiger partial charge in [0.05, 0.1) is 24.1 Å². The molecule has 10 nitrogen and oxygen atoms in total. The average molecular weight is 367 g/mol. The van der Waals surface area contributed by atoms with E-state index < -0.39 is 4.92 Å². The van der Waals surface area contributed by atoms with Gasteiger partial charge in [0.2, 0.25) is 11.6 Å². The van der Waals surface area contributed by atoms with Crippen molar-refractivity contribution in [1.29, 1.82) is 0 Å². The van der Waals surface area contributed by atoms with Crippen molar-refractivity contribution in [3.05, 3.63) is 16.4 Å². The zero-order chi connectivity index (χ0) is 19.1. The van der Waals surface area contributed by atoms with Crippen LogP contribution >= 0.6 is 0 Å². The molecule has 1 aliphatic rings. The number of anilines is 2. The predicted molar refractivity (Wildman–Crippen MR) is 95.2 cm³/mol. The third-order valence-corrected chi connectivity index (χ3v) is 4.36. The zero-order valence-electron chi connectivity index (χ0n) is 15.1. The summed E-state index contributed by atoms with van der Waals surface area (Å²) >= 11 is 0. The highest BCUT2D eigenvalue weighted by atomic mass is 16.6. The van der Waals surface area contributed by atoms with Gasteiger partial charge < -0.3 is 19.6 Å². The lowest BCUT2D eigenvalue weighted by atomic mass is 9.98. The Kier molecular flexibility index (Phi) is 7.07. The lowest BCUT2D eigenvalue weighted by Crippen LogP contribution is -2.40. The number of aliphatic hydroxyl groups is 1. The first-order valence-electron chi connectivity index (χ1n) is 8.80. The summed E-state index contributed by atoms with van der Waals surface area (Å²) in [5, 5.41) is 21.0. The summed E-state index contributed by atoms with van der Waals surface area (Å²) in [5.41, 5.74) is -0.202. The van der Waals surface area contributed by atoms with E-state index in [1.165, 1.54) is 6.33 Å². The second kappa shape index (κ2) is 9.27. The third kappa shape index (κ3) is 4.37. The number of rotatable bonds is 8. The molecule has 2 heterocycles. The maximum atomic E-state index is 12.0. The Morgan fingerprint density at radius 1 is 1.50 bits per heavy atom. The van der Waals surface area contributed by atoms with Crippen LogP contribution in [0.1, 0.15) is 26.7 Å². The van der Waals surface area contributed by atoms with E-state index in [9.17, 15) is 20.0 Å². The predicted octanol–water partition coefficient (Wildman–Crippen LogP) is 0.983. The first-order valence-corrected chi connectivity index (χ1v) is 8.80. The van der Waals surface area contributed by atoms with Gasteiger partial charge in [-0.3, -0.25) is 14.9 Å².